The number of allylic oxidation sites excluding steroid dienone is 3. The Morgan fingerprint density at radius 3 is 2.53 bits per heavy atom. The van der Waals surface area contributed by atoms with Gasteiger partial charge in [0.25, 0.3) is 0 Å². The number of benzene rings is 4. The van der Waals surface area contributed by atoms with E-state index in [1.165, 1.54) is 48.0 Å². The summed E-state index contributed by atoms with van der Waals surface area (Å²) in [4.78, 5) is 5.96. The average molecular weight is 504 g/mol. The number of fused-ring (bicyclic) bond motifs is 2. The predicted molar refractivity (Wildman–Crippen MR) is 162 cm³/mol. The number of hydrogen-bond donors (Lipinski definition) is 0. The Balaban J connectivity index is 1.28. The van der Waals surface area contributed by atoms with E-state index in [2.05, 4.69) is 135 Å². The second-order valence-corrected chi connectivity index (χ2v) is 10.9. The topological polar surface area (TPSA) is 3.24 Å². The number of thioether (sulfide) groups is 2. The van der Waals surface area contributed by atoms with Gasteiger partial charge in [-0.25, -0.2) is 0 Å². The first-order valence-corrected chi connectivity index (χ1v) is 13.8. The van der Waals surface area contributed by atoms with Gasteiger partial charge in [0, 0.05) is 21.2 Å². The molecule has 0 amide bonds. The van der Waals surface area contributed by atoms with E-state index >= 15 is 0 Å². The molecule has 0 fully saturated rings. The summed E-state index contributed by atoms with van der Waals surface area (Å²) >= 11 is 3.56. The van der Waals surface area contributed by atoms with E-state index in [1.807, 2.05) is 17.8 Å². The van der Waals surface area contributed by atoms with Crippen LogP contribution in [0.1, 0.15) is 23.6 Å². The van der Waals surface area contributed by atoms with E-state index in [1.54, 1.807) is 11.8 Å². The van der Waals surface area contributed by atoms with Crippen LogP contribution in [0.5, 0.6) is 0 Å². The van der Waals surface area contributed by atoms with Crippen molar-refractivity contribution in [3.63, 3.8) is 0 Å². The molecular formula is C33H29NS2. The Morgan fingerprint density at radius 2 is 1.69 bits per heavy atom. The van der Waals surface area contributed by atoms with Crippen molar-refractivity contribution >= 4 is 52.1 Å². The fourth-order valence-electron chi connectivity index (χ4n) is 4.36. The van der Waals surface area contributed by atoms with Crippen molar-refractivity contribution in [2.24, 2.45) is 0 Å². The van der Waals surface area contributed by atoms with Crippen molar-refractivity contribution in [2.45, 2.75) is 23.6 Å². The van der Waals surface area contributed by atoms with Crippen LogP contribution in [-0.4, -0.2) is 6.54 Å². The molecule has 0 aliphatic carbocycles. The lowest BCUT2D eigenvalue weighted by atomic mass is 10.1. The lowest BCUT2D eigenvalue weighted by molar-refractivity contribution is 1.00. The fraction of sp³-hybridized carbons (Fsp3) is 0.0909. The molecule has 0 aromatic heterocycles. The van der Waals surface area contributed by atoms with Crippen molar-refractivity contribution in [1.82, 2.24) is 0 Å². The molecule has 0 unspecified atom stereocenters. The number of hydrogen-bond acceptors (Lipinski definition) is 3. The quantitative estimate of drug-likeness (QED) is 0.140. The second kappa shape index (κ2) is 11.1. The molecule has 5 rings (SSSR count). The highest BCUT2D eigenvalue weighted by molar-refractivity contribution is 8.03. The van der Waals surface area contributed by atoms with Crippen molar-refractivity contribution in [3.8, 4) is 0 Å². The van der Waals surface area contributed by atoms with E-state index in [0.717, 1.165) is 11.4 Å². The van der Waals surface area contributed by atoms with E-state index < -0.39 is 0 Å². The van der Waals surface area contributed by atoms with Crippen LogP contribution in [0.15, 0.2) is 129 Å². The van der Waals surface area contributed by atoms with E-state index in [4.69, 9.17) is 0 Å². The molecule has 4 aromatic rings. The van der Waals surface area contributed by atoms with Gasteiger partial charge in [0.05, 0.1) is 10.7 Å². The second-order valence-electron chi connectivity index (χ2n) is 8.66. The van der Waals surface area contributed by atoms with Gasteiger partial charge >= 0.3 is 0 Å². The lowest BCUT2D eigenvalue weighted by Crippen LogP contribution is -2.16. The number of aryl methyl sites for hydroxylation is 1. The Bertz CT molecular complexity index is 1500. The molecule has 1 heterocycles. The smallest absolute Gasteiger partial charge is 0.0801 e. The zero-order valence-electron chi connectivity index (χ0n) is 20.6. The molecule has 0 radical (unpaired) electrons. The largest absolute Gasteiger partial charge is 0.335 e. The highest BCUT2D eigenvalue weighted by atomic mass is 32.2. The van der Waals surface area contributed by atoms with Gasteiger partial charge in [0.15, 0.2) is 0 Å². The third-order valence-corrected chi connectivity index (χ3v) is 8.42. The molecule has 0 bridgehead atoms. The minimum atomic E-state index is 0.935. The number of anilines is 1. The first-order chi connectivity index (χ1) is 17.6. The van der Waals surface area contributed by atoms with Crippen molar-refractivity contribution in [3.05, 3.63) is 136 Å². The SMILES string of the molecule is C=C(/C=C\C=C1/Sc2cc(/C=C/c3ccccc3)ccc2N1CC)Sc1ccc2ccccc2c1C. The fourth-order valence-corrected chi connectivity index (χ4v) is 6.38. The molecule has 0 spiro atoms. The summed E-state index contributed by atoms with van der Waals surface area (Å²) < 4.78 is 0. The van der Waals surface area contributed by atoms with Crippen LogP contribution < -0.4 is 4.90 Å². The first kappa shape index (κ1) is 24.3. The lowest BCUT2D eigenvalue weighted by Gasteiger charge is -2.17. The summed E-state index contributed by atoms with van der Waals surface area (Å²) in [6, 6.07) is 30.1. The maximum Gasteiger partial charge on any atom is 0.0801 e. The van der Waals surface area contributed by atoms with Crippen LogP contribution in [0.3, 0.4) is 0 Å². The summed E-state index contributed by atoms with van der Waals surface area (Å²) in [5.74, 6) is 0. The van der Waals surface area contributed by atoms with E-state index in [0.29, 0.717) is 0 Å². The molecule has 0 N–H and O–H groups in total. The van der Waals surface area contributed by atoms with Gasteiger partial charge in [-0.1, -0.05) is 115 Å². The zero-order chi connectivity index (χ0) is 24.9. The van der Waals surface area contributed by atoms with Crippen molar-refractivity contribution in [2.75, 3.05) is 11.4 Å². The number of rotatable bonds is 7. The van der Waals surface area contributed by atoms with Gasteiger partial charge in [-0.3, -0.25) is 0 Å². The van der Waals surface area contributed by atoms with Crippen LogP contribution >= 0.6 is 23.5 Å². The molecule has 36 heavy (non-hydrogen) atoms. The highest BCUT2D eigenvalue weighted by Crippen LogP contribution is 2.46. The van der Waals surface area contributed by atoms with Gasteiger partial charge in [0.2, 0.25) is 0 Å². The summed E-state index contributed by atoms with van der Waals surface area (Å²) in [7, 11) is 0. The Hall–Kier alpha value is -3.40. The maximum absolute atomic E-state index is 4.29. The van der Waals surface area contributed by atoms with Gasteiger partial charge in [-0.15, -0.1) is 0 Å². The van der Waals surface area contributed by atoms with Crippen LogP contribution in [0.2, 0.25) is 0 Å². The van der Waals surface area contributed by atoms with Crippen molar-refractivity contribution in [1.29, 1.82) is 0 Å². The molecule has 4 aromatic carbocycles. The predicted octanol–water partition coefficient (Wildman–Crippen LogP) is 9.95. The molecule has 0 saturated carbocycles. The van der Waals surface area contributed by atoms with E-state index in [9.17, 15) is 0 Å². The molecule has 178 valence electrons. The van der Waals surface area contributed by atoms with Crippen LogP contribution in [0.25, 0.3) is 22.9 Å². The number of nitrogens with zero attached hydrogens (tertiary/aromatic N) is 1. The molecule has 0 saturated heterocycles. The van der Waals surface area contributed by atoms with Gasteiger partial charge in [-0.2, -0.15) is 0 Å². The zero-order valence-corrected chi connectivity index (χ0v) is 22.3. The normalized spacial score (nSPS) is 14.4. The van der Waals surface area contributed by atoms with Gasteiger partial charge < -0.3 is 4.90 Å². The molecule has 1 nitrogen and oxygen atoms in total. The highest BCUT2D eigenvalue weighted by Gasteiger charge is 2.23. The molecule has 3 heteroatoms. The summed E-state index contributed by atoms with van der Waals surface area (Å²) in [6.07, 6.45) is 10.8. The van der Waals surface area contributed by atoms with Crippen LogP contribution in [-0.2, 0) is 0 Å². The molecule has 0 atom stereocenters. The minimum absolute atomic E-state index is 0.935. The summed E-state index contributed by atoms with van der Waals surface area (Å²) in [5, 5.41) is 3.83. The Labute approximate surface area is 222 Å². The first-order valence-electron chi connectivity index (χ1n) is 12.2. The Kier molecular flexibility index (Phi) is 7.50. The van der Waals surface area contributed by atoms with Crippen LogP contribution in [0.4, 0.5) is 5.69 Å². The summed E-state index contributed by atoms with van der Waals surface area (Å²) in [6.45, 7) is 9.62. The summed E-state index contributed by atoms with van der Waals surface area (Å²) in [5.41, 5.74) is 5.01. The van der Waals surface area contributed by atoms with E-state index in [-0.39, 0.29) is 0 Å². The molecule has 1 aliphatic heterocycles. The van der Waals surface area contributed by atoms with Gasteiger partial charge in [0.1, 0.15) is 0 Å². The third-order valence-electron chi connectivity index (χ3n) is 6.25. The Morgan fingerprint density at radius 1 is 0.917 bits per heavy atom. The van der Waals surface area contributed by atoms with Crippen molar-refractivity contribution < 1.29 is 0 Å². The molecular weight excluding hydrogens is 475 g/mol. The standard InChI is InChI=1S/C33H29NS2/c1-4-34-30-21-19-27(18-17-26-12-6-5-7-13-26)23-32(30)36-33(34)16-10-11-24(2)35-31-22-20-28-14-8-9-15-29(28)25(31)3/h5-23H,2,4H2,1,3H3/b11-10-,18-17+,33-16-. The molecule has 1 aliphatic rings. The third kappa shape index (κ3) is 5.38. The monoisotopic (exact) mass is 503 g/mol. The maximum atomic E-state index is 4.29. The van der Waals surface area contributed by atoms with Gasteiger partial charge in [-0.05, 0) is 71.7 Å². The van der Waals surface area contributed by atoms with Crippen LogP contribution in [0, 0.1) is 6.92 Å². The minimum Gasteiger partial charge on any atom is -0.335 e. The average Bonchev–Trinajstić information content (AvgIpc) is 3.26.